The molecule has 5 heterocycles. The number of nitrogens with zero attached hydrogens (tertiary/aromatic N) is 5. The van der Waals surface area contributed by atoms with E-state index in [0.717, 1.165) is 17.1 Å². The fraction of sp³-hybridized carbons (Fsp3) is 0.0250. The zero-order valence-electron chi connectivity index (χ0n) is 46.9. The van der Waals surface area contributed by atoms with Crippen LogP contribution in [0.25, 0.3) is 171 Å². The fourth-order valence-electron chi connectivity index (χ4n) is 14.4. The number of fused-ring (bicyclic) bond motifs is 15. The van der Waals surface area contributed by atoms with Crippen LogP contribution in [0.15, 0.2) is 285 Å². The largest absolute Gasteiger partial charge is 0.344 e. The van der Waals surface area contributed by atoms with Gasteiger partial charge >= 0.3 is 0 Å². The molecule has 85 heavy (non-hydrogen) atoms. The van der Waals surface area contributed by atoms with Gasteiger partial charge in [-0.15, -0.1) is 0 Å². The molecule has 0 atom stereocenters. The zero-order chi connectivity index (χ0) is 56.0. The zero-order valence-corrected chi connectivity index (χ0v) is 46.9. The molecule has 0 spiro atoms. The van der Waals surface area contributed by atoms with Gasteiger partial charge in [0.2, 0.25) is 0 Å². The topological polar surface area (TPSA) is 24.6 Å². The quantitative estimate of drug-likeness (QED) is 0.152. The first-order chi connectivity index (χ1) is 42.0. The predicted molar refractivity (Wildman–Crippen MR) is 359 cm³/mol. The molecule has 0 bridgehead atoms. The highest BCUT2D eigenvalue weighted by Gasteiger charge is 2.19. The molecule has 0 saturated carbocycles. The number of hydrogen-bond donors (Lipinski definition) is 0. The molecular weight excluding hydrogens is 1030 g/mol. The number of hydrogen-bond acceptors (Lipinski definition) is 0. The summed E-state index contributed by atoms with van der Waals surface area (Å²) in [5.74, 6) is 0. The van der Waals surface area contributed by atoms with Gasteiger partial charge in [-0.05, 0) is 166 Å². The summed E-state index contributed by atoms with van der Waals surface area (Å²) in [6.45, 7) is 0. The van der Waals surface area contributed by atoms with Gasteiger partial charge in [0.1, 0.15) is 0 Å². The Morgan fingerprint density at radius 2 is 0.388 bits per heavy atom. The van der Waals surface area contributed by atoms with E-state index < -0.39 is 0 Å². The van der Waals surface area contributed by atoms with Gasteiger partial charge in [0.05, 0.1) is 33.1 Å². The molecule has 0 radical (unpaired) electrons. The molecule has 0 aliphatic rings. The van der Waals surface area contributed by atoms with Gasteiger partial charge < -0.3 is 22.8 Å². The Hall–Kier alpha value is -11.1. The molecule has 0 N–H and O–H groups in total. The van der Waals surface area contributed by atoms with Gasteiger partial charge in [-0.3, -0.25) is 0 Å². The van der Waals surface area contributed by atoms with Gasteiger partial charge in [-0.2, -0.15) is 0 Å². The summed E-state index contributed by atoms with van der Waals surface area (Å²) in [6, 6.07) is 106. The van der Waals surface area contributed by atoms with E-state index in [9.17, 15) is 0 Å². The highest BCUT2D eigenvalue weighted by atomic mass is 15.0. The molecule has 0 amide bonds. The molecule has 5 heteroatoms. The maximum Gasteiger partial charge on any atom is 0.0541 e. The predicted octanol–water partition coefficient (Wildman–Crippen LogP) is 20.9. The Morgan fingerprint density at radius 3 is 0.753 bits per heavy atom. The molecule has 5 aromatic heterocycles. The van der Waals surface area contributed by atoms with Crippen LogP contribution in [-0.4, -0.2) is 22.8 Å². The Balaban J connectivity index is 0.645. The summed E-state index contributed by atoms with van der Waals surface area (Å²) < 4.78 is 11.9. The van der Waals surface area contributed by atoms with Crippen molar-refractivity contribution in [1.29, 1.82) is 0 Å². The third-order valence-electron chi connectivity index (χ3n) is 18.6. The molecule has 13 aromatic carbocycles. The van der Waals surface area contributed by atoms with Crippen molar-refractivity contribution in [2.45, 2.75) is 0 Å². The van der Waals surface area contributed by atoms with Crippen LogP contribution in [0, 0.1) is 0 Å². The number of rotatable bonds is 7. The summed E-state index contributed by atoms with van der Waals surface area (Å²) in [5.41, 5.74) is 25.2. The minimum Gasteiger partial charge on any atom is -0.344 e. The molecule has 5 nitrogen and oxygen atoms in total. The highest BCUT2D eigenvalue weighted by molar-refractivity contribution is 6.15. The normalized spacial score (nSPS) is 12.1. The van der Waals surface area contributed by atoms with E-state index in [2.05, 4.69) is 322 Å². The number of benzene rings is 13. The minimum absolute atomic E-state index is 1.14. The van der Waals surface area contributed by atoms with Crippen LogP contribution in [0.4, 0.5) is 0 Å². The van der Waals surface area contributed by atoms with Crippen molar-refractivity contribution < 1.29 is 0 Å². The summed E-state index contributed by atoms with van der Waals surface area (Å²) >= 11 is 0. The second-order valence-electron chi connectivity index (χ2n) is 23.0. The lowest BCUT2D eigenvalue weighted by Crippen LogP contribution is -1.94. The summed E-state index contributed by atoms with van der Waals surface area (Å²) in [4.78, 5) is 0. The number of para-hydroxylation sites is 5. The number of aryl methyl sites for hydroxylation is 2. The van der Waals surface area contributed by atoms with Gasteiger partial charge in [0, 0.05) is 107 Å². The van der Waals surface area contributed by atoms with E-state index in [1.165, 1.54) is 154 Å². The van der Waals surface area contributed by atoms with Gasteiger partial charge in [-0.25, -0.2) is 0 Å². The Labute approximate surface area is 489 Å². The van der Waals surface area contributed by atoms with E-state index in [4.69, 9.17) is 0 Å². The van der Waals surface area contributed by atoms with Crippen LogP contribution in [0.3, 0.4) is 0 Å². The highest BCUT2D eigenvalue weighted by Crippen LogP contribution is 2.41. The summed E-state index contributed by atoms with van der Waals surface area (Å²) in [7, 11) is 4.38. The molecule has 0 aliphatic carbocycles. The molecule has 18 rings (SSSR count). The lowest BCUT2D eigenvalue weighted by Gasteiger charge is -2.10. The Bertz CT molecular complexity index is 5670. The van der Waals surface area contributed by atoms with Crippen LogP contribution in [0.5, 0.6) is 0 Å². The van der Waals surface area contributed by atoms with Crippen LogP contribution in [-0.2, 0) is 14.1 Å². The summed E-state index contributed by atoms with van der Waals surface area (Å²) in [5, 5.41) is 12.6. The maximum atomic E-state index is 2.42. The van der Waals surface area contributed by atoms with Gasteiger partial charge in [0.25, 0.3) is 0 Å². The van der Waals surface area contributed by atoms with Crippen LogP contribution in [0.2, 0.25) is 0 Å². The Kier molecular flexibility index (Phi) is 10.2. The molecule has 0 unspecified atom stereocenters. The smallest absolute Gasteiger partial charge is 0.0541 e. The molecule has 398 valence electrons. The molecule has 0 fully saturated rings. The first-order valence-electron chi connectivity index (χ1n) is 29.3. The van der Waals surface area contributed by atoms with E-state index in [1.54, 1.807) is 0 Å². The summed E-state index contributed by atoms with van der Waals surface area (Å²) in [6.07, 6.45) is 0. The first-order valence-corrected chi connectivity index (χ1v) is 29.3. The van der Waals surface area contributed by atoms with E-state index in [0.29, 0.717) is 0 Å². The minimum atomic E-state index is 1.14. The van der Waals surface area contributed by atoms with E-state index >= 15 is 0 Å². The standard InChI is InChI=1S/C80H53N5/c1-81-72-42-31-54(51-25-36-59(37-26-51)84-76-20-10-5-15-63(76)64-16-6-11-21-77(64)84)46-69(72)70-47-55(32-43-73(70)81)52-27-38-60(39-28-52)85-78-22-12-7-17-65(78)68-48-56(33-44-79(68)85)57-29-40-66-67-45-53(30-41-71(67)82(2)80(66)49-57)50-23-34-58(35-24-50)83-74-18-8-3-13-61(74)62-14-4-9-19-75(62)83/h3-49H,1-2H3. The van der Waals surface area contributed by atoms with E-state index in [-0.39, 0.29) is 0 Å². The molecule has 0 aliphatic heterocycles. The van der Waals surface area contributed by atoms with Crippen molar-refractivity contribution in [2.75, 3.05) is 0 Å². The molecular formula is C80H53N5. The van der Waals surface area contributed by atoms with Crippen molar-refractivity contribution in [1.82, 2.24) is 22.8 Å². The van der Waals surface area contributed by atoms with Gasteiger partial charge in [-0.1, -0.05) is 164 Å². The van der Waals surface area contributed by atoms with Crippen LogP contribution in [0.1, 0.15) is 0 Å². The second-order valence-corrected chi connectivity index (χ2v) is 23.0. The second kappa shape index (κ2) is 18.2. The molecule has 0 saturated heterocycles. The van der Waals surface area contributed by atoms with Crippen molar-refractivity contribution in [3.63, 3.8) is 0 Å². The average molecular weight is 1080 g/mol. The van der Waals surface area contributed by atoms with E-state index in [1.807, 2.05) is 0 Å². The van der Waals surface area contributed by atoms with Crippen LogP contribution >= 0.6 is 0 Å². The average Bonchev–Trinajstić information content (AvgIpc) is 2.70. The molecule has 18 aromatic rings. The van der Waals surface area contributed by atoms with Gasteiger partial charge in [0.15, 0.2) is 0 Å². The van der Waals surface area contributed by atoms with Crippen molar-refractivity contribution in [2.24, 2.45) is 14.1 Å². The van der Waals surface area contributed by atoms with Crippen molar-refractivity contribution in [3.05, 3.63) is 285 Å². The van der Waals surface area contributed by atoms with Crippen molar-refractivity contribution >= 4 is 109 Å². The van der Waals surface area contributed by atoms with Crippen molar-refractivity contribution in [3.8, 4) is 61.6 Å². The van der Waals surface area contributed by atoms with Crippen LogP contribution < -0.4 is 0 Å². The first kappa shape index (κ1) is 47.5. The lowest BCUT2D eigenvalue weighted by molar-refractivity contribution is 1.01. The fourth-order valence-corrected chi connectivity index (χ4v) is 14.4. The lowest BCUT2D eigenvalue weighted by atomic mass is 9.99. The monoisotopic (exact) mass is 1080 g/mol. The number of aromatic nitrogens is 5. The maximum absolute atomic E-state index is 2.42. The Morgan fingerprint density at radius 1 is 0.165 bits per heavy atom. The third kappa shape index (κ3) is 7.11. The third-order valence-corrected chi connectivity index (χ3v) is 18.6. The SMILES string of the molecule is Cn1c2ccc(-c3ccc(-n4c5ccccc5c5ccccc54)cc3)cc2c2cc(-c3ccc(-n4c5ccccc5c5cc(-c6ccc7c8cc(-c9ccc(-n%10c%11ccccc%11c%11ccccc%11%10)cc9)ccc8n(C)c7c6)ccc54)cc3)ccc21.